The summed E-state index contributed by atoms with van der Waals surface area (Å²) in [5.41, 5.74) is 0.614. The van der Waals surface area contributed by atoms with Gasteiger partial charge in [0.15, 0.2) is 0 Å². The molecule has 0 aromatic carbocycles. The normalized spacial score (nSPS) is 12.2. The quantitative estimate of drug-likeness (QED) is 0.683. The molecule has 0 aliphatic heterocycles. The maximum Gasteiger partial charge on any atom is 0.242 e. The lowest BCUT2D eigenvalue weighted by molar-refractivity contribution is 0.268. The van der Waals surface area contributed by atoms with Crippen LogP contribution >= 0.6 is 11.8 Å². The molecule has 0 aliphatic rings. The molecule has 5 nitrogen and oxygen atoms in total. The summed E-state index contributed by atoms with van der Waals surface area (Å²) >= 11 is 1.76. The first kappa shape index (κ1) is 17.6. The van der Waals surface area contributed by atoms with Gasteiger partial charge in [-0.1, -0.05) is 0 Å². The molecule has 0 radical (unpaired) electrons. The van der Waals surface area contributed by atoms with Gasteiger partial charge >= 0.3 is 0 Å². The monoisotopic (exact) mass is 320 g/mol. The van der Waals surface area contributed by atoms with Gasteiger partial charge in [0.05, 0.1) is 11.5 Å². The molecule has 0 atom stereocenters. The van der Waals surface area contributed by atoms with Crippen LogP contribution in [0.3, 0.4) is 0 Å². The molecule has 0 bridgehead atoms. The molecule has 2 N–H and O–H groups in total. The maximum atomic E-state index is 12.2. The molecule has 116 valence electrons. The van der Waals surface area contributed by atoms with Crippen LogP contribution in [0.2, 0.25) is 0 Å². The summed E-state index contributed by atoms with van der Waals surface area (Å²) in [6.45, 7) is 4.18. The molecule has 0 fully saturated rings. The molecule has 0 amide bonds. The third-order valence-corrected chi connectivity index (χ3v) is 5.13. The fraction of sp³-hybridized carbons (Fsp3) is 0.692. The molecule has 0 saturated heterocycles. The number of unbranched alkanes of at least 4 members (excludes halogenated alkanes) is 1. The molecule has 1 aromatic heterocycles. The number of hydrogen-bond acceptors (Lipinski definition) is 4. The number of rotatable bonds is 9. The average Bonchev–Trinajstić information content (AvgIpc) is 2.83. The molecule has 20 heavy (non-hydrogen) atoms. The third-order valence-electron chi connectivity index (χ3n) is 3.00. The number of aliphatic hydroxyl groups excluding tert-OH is 1. The number of nitrogens with one attached hydrogen (secondary N) is 1. The Morgan fingerprint density at radius 1 is 1.40 bits per heavy atom. The maximum absolute atomic E-state index is 12.2. The summed E-state index contributed by atoms with van der Waals surface area (Å²) in [4.78, 5) is 0.222. The Hall–Kier alpha value is -0.500. The Kier molecular flexibility index (Phi) is 7.08. The van der Waals surface area contributed by atoms with E-state index in [1.165, 1.54) is 6.07 Å². The van der Waals surface area contributed by atoms with Gasteiger partial charge in [0, 0.05) is 24.5 Å². The van der Waals surface area contributed by atoms with Crippen molar-refractivity contribution in [1.29, 1.82) is 0 Å². The van der Waals surface area contributed by atoms with Crippen molar-refractivity contribution in [2.45, 2.75) is 44.2 Å². The Morgan fingerprint density at radius 3 is 2.60 bits per heavy atom. The molecule has 7 heteroatoms. The zero-order valence-corrected chi connectivity index (χ0v) is 13.9. The van der Waals surface area contributed by atoms with Crippen molar-refractivity contribution in [2.24, 2.45) is 0 Å². The van der Waals surface area contributed by atoms with Crippen molar-refractivity contribution in [3.8, 4) is 0 Å². The average molecular weight is 320 g/mol. The smallest absolute Gasteiger partial charge is 0.242 e. The second-order valence-corrected chi connectivity index (χ2v) is 7.68. The highest BCUT2D eigenvalue weighted by Gasteiger charge is 2.18. The van der Waals surface area contributed by atoms with E-state index < -0.39 is 10.0 Å². The van der Waals surface area contributed by atoms with E-state index in [1.54, 1.807) is 22.5 Å². The van der Waals surface area contributed by atoms with Crippen LogP contribution in [0.15, 0.2) is 17.2 Å². The lowest BCUT2D eigenvalue weighted by Gasteiger charge is -2.10. The first-order chi connectivity index (χ1) is 9.42. The molecule has 0 saturated carbocycles. The van der Waals surface area contributed by atoms with Crippen LogP contribution < -0.4 is 4.72 Å². The second kappa shape index (κ2) is 8.07. The fourth-order valence-corrected chi connectivity index (χ4v) is 3.53. The van der Waals surface area contributed by atoms with E-state index in [1.807, 2.05) is 20.1 Å². The predicted octanol–water partition coefficient (Wildman–Crippen LogP) is 1.98. The van der Waals surface area contributed by atoms with Gasteiger partial charge in [-0.15, -0.1) is 0 Å². The summed E-state index contributed by atoms with van der Waals surface area (Å²) in [6, 6.07) is 1.65. The third kappa shape index (κ3) is 4.80. The summed E-state index contributed by atoms with van der Waals surface area (Å²) in [5.74, 6) is 1.04. The van der Waals surface area contributed by atoms with Gasteiger partial charge in [0.25, 0.3) is 0 Å². The minimum Gasteiger partial charge on any atom is -0.390 e. The molecule has 1 rings (SSSR count). The highest BCUT2D eigenvalue weighted by atomic mass is 32.2. The van der Waals surface area contributed by atoms with E-state index in [9.17, 15) is 13.5 Å². The van der Waals surface area contributed by atoms with Gasteiger partial charge < -0.3 is 9.67 Å². The van der Waals surface area contributed by atoms with E-state index in [2.05, 4.69) is 4.72 Å². The Morgan fingerprint density at radius 2 is 2.10 bits per heavy atom. The number of sulfonamides is 1. The van der Waals surface area contributed by atoms with Crippen molar-refractivity contribution in [3.05, 3.63) is 18.0 Å². The van der Waals surface area contributed by atoms with Gasteiger partial charge in [-0.25, -0.2) is 13.1 Å². The number of thioether (sulfide) groups is 1. The predicted molar refractivity (Wildman–Crippen MR) is 83.5 cm³/mol. The van der Waals surface area contributed by atoms with Crippen molar-refractivity contribution in [3.63, 3.8) is 0 Å². The van der Waals surface area contributed by atoms with E-state index in [0.29, 0.717) is 12.2 Å². The molecular weight excluding hydrogens is 296 g/mol. The summed E-state index contributed by atoms with van der Waals surface area (Å²) in [5, 5.41) is 9.28. The molecule has 0 spiro atoms. The topological polar surface area (TPSA) is 71.3 Å². The van der Waals surface area contributed by atoms with Crippen LogP contribution in [0.4, 0.5) is 0 Å². The van der Waals surface area contributed by atoms with Gasteiger partial charge in [-0.2, -0.15) is 11.8 Å². The van der Waals surface area contributed by atoms with Crippen LogP contribution in [-0.2, 0) is 16.6 Å². The Balaban J connectivity index is 2.72. The van der Waals surface area contributed by atoms with Crippen molar-refractivity contribution in [2.75, 3.05) is 18.6 Å². The highest BCUT2D eigenvalue weighted by Crippen LogP contribution is 2.18. The molecule has 1 heterocycles. The van der Waals surface area contributed by atoms with Crippen LogP contribution in [0.1, 0.15) is 38.4 Å². The van der Waals surface area contributed by atoms with E-state index >= 15 is 0 Å². The van der Waals surface area contributed by atoms with E-state index in [-0.39, 0.29) is 17.5 Å². The zero-order valence-electron chi connectivity index (χ0n) is 12.3. The standard InChI is InChI=1S/C13H24N2O3S2/c1-11(2)15-9-13(8-12(15)10-16)20(17,18)14-6-4-5-7-19-3/h8-9,11,14,16H,4-7,10H2,1-3H3. The van der Waals surface area contributed by atoms with Crippen LogP contribution in [0, 0.1) is 0 Å². The van der Waals surface area contributed by atoms with Gasteiger partial charge in [-0.05, 0) is 44.8 Å². The summed E-state index contributed by atoms with van der Waals surface area (Å²) < 4.78 is 28.7. The van der Waals surface area contributed by atoms with E-state index in [4.69, 9.17) is 0 Å². The van der Waals surface area contributed by atoms with Crippen molar-refractivity contribution < 1.29 is 13.5 Å². The SMILES string of the molecule is CSCCCCNS(=O)(=O)c1cc(CO)n(C(C)C)c1. The van der Waals surface area contributed by atoms with Gasteiger partial charge in [0.1, 0.15) is 0 Å². The Labute approximate surface area is 125 Å². The zero-order chi connectivity index (χ0) is 15.2. The summed E-state index contributed by atoms with van der Waals surface area (Å²) in [6.07, 6.45) is 5.45. The molecule has 0 unspecified atom stereocenters. The highest BCUT2D eigenvalue weighted by molar-refractivity contribution is 7.98. The van der Waals surface area contributed by atoms with E-state index in [0.717, 1.165) is 18.6 Å². The van der Waals surface area contributed by atoms with Crippen LogP contribution in [-0.4, -0.2) is 36.6 Å². The number of aliphatic hydroxyl groups is 1. The second-order valence-electron chi connectivity index (χ2n) is 4.92. The molecule has 0 aliphatic carbocycles. The minimum atomic E-state index is -3.48. The first-order valence-electron chi connectivity index (χ1n) is 6.72. The Bertz CT molecular complexity index is 510. The number of hydrogen-bond donors (Lipinski definition) is 2. The first-order valence-corrected chi connectivity index (χ1v) is 9.60. The fourth-order valence-electron chi connectivity index (χ4n) is 1.91. The number of nitrogens with zero attached hydrogens (tertiary/aromatic N) is 1. The number of aromatic nitrogens is 1. The largest absolute Gasteiger partial charge is 0.390 e. The summed E-state index contributed by atoms with van der Waals surface area (Å²) in [7, 11) is -3.48. The van der Waals surface area contributed by atoms with Crippen molar-refractivity contribution in [1.82, 2.24) is 9.29 Å². The molecule has 1 aromatic rings. The minimum absolute atomic E-state index is 0.114. The lowest BCUT2D eigenvalue weighted by Crippen LogP contribution is -2.24. The van der Waals surface area contributed by atoms with Crippen LogP contribution in [0.5, 0.6) is 0 Å². The van der Waals surface area contributed by atoms with Gasteiger partial charge in [-0.3, -0.25) is 0 Å². The van der Waals surface area contributed by atoms with Crippen molar-refractivity contribution >= 4 is 21.8 Å². The lowest BCUT2D eigenvalue weighted by atomic mass is 10.3. The molecular formula is C13H24N2O3S2. The van der Waals surface area contributed by atoms with Gasteiger partial charge in [0.2, 0.25) is 10.0 Å². The van der Waals surface area contributed by atoms with Crippen LogP contribution in [0.25, 0.3) is 0 Å².